The van der Waals surface area contributed by atoms with E-state index < -0.39 is 0 Å². The van der Waals surface area contributed by atoms with Crippen LogP contribution in [0.25, 0.3) is 10.9 Å². The Morgan fingerprint density at radius 3 is 2.69 bits per heavy atom. The number of nitrogen functional groups attached to an aromatic ring is 1. The summed E-state index contributed by atoms with van der Waals surface area (Å²) in [7, 11) is 0. The summed E-state index contributed by atoms with van der Waals surface area (Å²) in [4.78, 5) is 6.76. The Hall–Kier alpha value is -1.77. The van der Waals surface area contributed by atoms with Crippen LogP contribution in [0.1, 0.15) is 12.8 Å². The third kappa shape index (κ3) is 1.48. The van der Waals surface area contributed by atoms with Crippen LogP contribution in [0.5, 0.6) is 0 Å². The van der Waals surface area contributed by atoms with Crippen molar-refractivity contribution in [1.29, 1.82) is 0 Å². The average molecular weight is 213 g/mol. The van der Waals surface area contributed by atoms with Gasteiger partial charge in [0, 0.05) is 30.2 Å². The van der Waals surface area contributed by atoms with Gasteiger partial charge < -0.3 is 10.6 Å². The number of rotatable bonds is 1. The van der Waals surface area contributed by atoms with Crippen LogP contribution >= 0.6 is 0 Å². The number of pyridine rings is 1. The minimum atomic E-state index is 0.612. The zero-order valence-electron chi connectivity index (χ0n) is 9.19. The minimum absolute atomic E-state index is 0.612. The fourth-order valence-corrected chi connectivity index (χ4v) is 2.40. The molecule has 0 unspecified atom stereocenters. The smallest absolute Gasteiger partial charge is 0.126 e. The van der Waals surface area contributed by atoms with Crippen molar-refractivity contribution in [2.24, 2.45) is 0 Å². The standard InChI is InChI=1S/C13H15N3/c14-13-9-12(16-7-3-4-8-16)10-5-1-2-6-11(10)15-13/h1-2,5-6,9H,3-4,7-8H2,(H2,14,15). The zero-order chi connectivity index (χ0) is 11.0. The molecule has 1 fully saturated rings. The van der Waals surface area contributed by atoms with Crippen LogP contribution in [0.15, 0.2) is 30.3 Å². The third-order valence-corrected chi connectivity index (χ3v) is 3.16. The molecule has 0 radical (unpaired) electrons. The first kappa shape index (κ1) is 9.46. The van der Waals surface area contributed by atoms with Gasteiger partial charge in [-0.3, -0.25) is 0 Å². The summed E-state index contributed by atoms with van der Waals surface area (Å²) in [6.07, 6.45) is 2.55. The molecule has 0 bridgehead atoms. The molecule has 2 aromatic rings. The highest BCUT2D eigenvalue weighted by atomic mass is 15.1. The Morgan fingerprint density at radius 2 is 1.88 bits per heavy atom. The summed E-state index contributed by atoms with van der Waals surface area (Å²) in [6, 6.07) is 10.2. The zero-order valence-corrected chi connectivity index (χ0v) is 9.19. The summed E-state index contributed by atoms with van der Waals surface area (Å²) in [5.41, 5.74) is 8.08. The number of nitrogens with two attached hydrogens (primary N) is 1. The van der Waals surface area contributed by atoms with E-state index in [1.54, 1.807) is 0 Å². The van der Waals surface area contributed by atoms with Crippen molar-refractivity contribution in [3.05, 3.63) is 30.3 Å². The van der Waals surface area contributed by atoms with E-state index in [2.05, 4.69) is 22.0 Å². The quantitative estimate of drug-likeness (QED) is 0.791. The number of aromatic nitrogens is 1. The van der Waals surface area contributed by atoms with Crippen LogP contribution in [-0.2, 0) is 0 Å². The fraction of sp³-hybridized carbons (Fsp3) is 0.308. The number of fused-ring (bicyclic) bond motifs is 1. The highest BCUT2D eigenvalue weighted by Gasteiger charge is 2.15. The Balaban J connectivity index is 2.21. The lowest BCUT2D eigenvalue weighted by molar-refractivity contribution is 0.949. The Labute approximate surface area is 94.9 Å². The maximum Gasteiger partial charge on any atom is 0.126 e. The molecule has 1 aliphatic rings. The van der Waals surface area contributed by atoms with E-state index in [1.807, 2.05) is 18.2 Å². The predicted octanol–water partition coefficient (Wildman–Crippen LogP) is 2.42. The van der Waals surface area contributed by atoms with Gasteiger partial charge >= 0.3 is 0 Å². The number of nitrogens with zero attached hydrogens (tertiary/aromatic N) is 2. The molecule has 0 amide bonds. The molecule has 0 aliphatic carbocycles. The number of hydrogen-bond acceptors (Lipinski definition) is 3. The average Bonchev–Trinajstić information content (AvgIpc) is 2.81. The van der Waals surface area contributed by atoms with Crippen LogP contribution in [-0.4, -0.2) is 18.1 Å². The summed E-state index contributed by atoms with van der Waals surface area (Å²) in [6.45, 7) is 2.26. The highest BCUT2D eigenvalue weighted by molar-refractivity contribution is 5.93. The van der Waals surface area contributed by atoms with Gasteiger partial charge in [-0.2, -0.15) is 0 Å². The van der Waals surface area contributed by atoms with E-state index in [0.717, 1.165) is 18.6 Å². The molecule has 0 atom stereocenters. The fourth-order valence-electron chi connectivity index (χ4n) is 2.40. The molecule has 16 heavy (non-hydrogen) atoms. The molecule has 1 saturated heterocycles. The number of hydrogen-bond donors (Lipinski definition) is 1. The summed E-state index contributed by atoms with van der Waals surface area (Å²) < 4.78 is 0. The second-order valence-corrected chi connectivity index (χ2v) is 4.28. The topological polar surface area (TPSA) is 42.1 Å². The van der Waals surface area contributed by atoms with E-state index >= 15 is 0 Å². The molecule has 3 nitrogen and oxygen atoms in total. The Morgan fingerprint density at radius 1 is 1.12 bits per heavy atom. The first-order valence-electron chi connectivity index (χ1n) is 5.75. The molecule has 2 heterocycles. The van der Waals surface area contributed by atoms with Gasteiger partial charge in [-0.05, 0) is 18.9 Å². The Kier molecular flexibility index (Phi) is 2.17. The van der Waals surface area contributed by atoms with Gasteiger partial charge in [0.25, 0.3) is 0 Å². The van der Waals surface area contributed by atoms with E-state index in [1.165, 1.54) is 23.9 Å². The van der Waals surface area contributed by atoms with Gasteiger partial charge in [0.1, 0.15) is 5.82 Å². The predicted molar refractivity (Wildman–Crippen MR) is 67.6 cm³/mol. The summed E-state index contributed by atoms with van der Waals surface area (Å²) in [5.74, 6) is 0.612. The van der Waals surface area contributed by atoms with Crippen molar-refractivity contribution in [3.8, 4) is 0 Å². The lowest BCUT2D eigenvalue weighted by Gasteiger charge is -2.19. The molecule has 1 aromatic heterocycles. The molecule has 1 aromatic carbocycles. The maximum atomic E-state index is 5.85. The van der Waals surface area contributed by atoms with Gasteiger partial charge in [0.15, 0.2) is 0 Å². The van der Waals surface area contributed by atoms with Crippen LogP contribution in [0.3, 0.4) is 0 Å². The van der Waals surface area contributed by atoms with E-state index in [-0.39, 0.29) is 0 Å². The van der Waals surface area contributed by atoms with E-state index in [9.17, 15) is 0 Å². The summed E-state index contributed by atoms with van der Waals surface area (Å²) in [5, 5.41) is 1.21. The van der Waals surface area contributed by atoms with Crippen LogP contribution in [0.2, 0.25) is 0 Å². The second kappa shape index (κ2) is 3.67. The van der Waals surface area contributed by atoms with Crippen molar-refractivity contribution in [3.63, 3.8) is 0 Å². The first-order valence-corrected chi connectivity index (χ1v) is 5.75. The van der Waals surface area contributed by atoms with Gasteiger partial charge in [0.05, 0.1) is 5.52 Å². The number of anilines is 2. The molecular weight excluding hydrogens is 198 g/mol. The van der Waals surface area contributed by atoms with Crippen LogP contribution < -0.4 is 10.6 Å². The van der Waals surface area contributed by atoms with Crippen LogP contribution in [0, 0.1) is 0 Å². The normalized spacial score (nSPS) is 15.9. The van der Waals surface area contributed by atoms with Crippen molar-refractivity contribution < 1.29 is 0 Å². The van der Waals surface area contributed by atoms with Crippen molar-refractivity contribution in [2.75, 3.05) is 23.7 Å². The van der Waals surface area contributed by atoms with E-state index in [4.69, 9.17) is 5.73 Å². The largest absolute Gasteiger partial charge is 0.384 e. The molecule has 0 spiro atoms. The monoisotopic (exact) mass is 213 g/mol. The molecular formula is C13H15N3. The maximum absolute atomic E-state index is 5.85. The number of para-hydroxylation sites is 1. The van der Waals surface area contributed by atoms with Gasteiger partial charge in [-0.25, -0.2) is 4.98 Å². The van der Waals surface area contributed by atoms with Gasteiger partial charge in [0.2, 0.25) is 0 Å². The van der Waals surface area contributed by atoms with E-state index in [0.29, 0.717) is 5.82 Å². The van der Waals surface area contributed by atoms with Gasteiger partial charge in [-0.15, -0.1) is 0 Å². The Bertz CT molecular complexity index is 516. The number of benzene rings is 1. The van der Waals surface area contributed by atoms with Crippen molar-refractivity contribution in [1.82, 2.24) is 4.98 Å². The first-order chi connectivity index (χ1) is 7.84. The van der Waals surface area contributed by atoms with Crippen LogP contribution in [0.4, 0.5) is 11.5 Å². The lowest BCUT2D eigenvalue weighted by Crippen LogP contribution is -2.18. The third-order valence-electron chi connectivity index (χ3n) is 3.16. The lowest BCUT2D eigenvalue weighted by atomic mass is 10.1. The van der Waals surface area contributed by atoms with Crippen molar-refractivity contribution >= 4 is 22.4 Å². The van der Waals surface area contributed by atoms with Gasteiger partial charge in [-0.1, -0.05) is 18.2 Å². The SMILES string of the molecule is Nc1cc(N2CCCC2)c2ccccc2n1. The molecule has 3 heteroatoms. The molecule has 0 saturated carbocycles. The second-order valence-electron chi connectivity index (χ2n) is 4.28. The minimum Gasteiger partial charge on any atom is -0.384 e. The molecule has 1 aliphatic heterocycles. The molecule has 2 N–H and O–H groups in total. The molecule has 82 valence electrons. The highest BCUT2D eigenvalue weighted by Crippen LogP contribution is 2.29. The molecule has 3 rings (SSSR count). The van der Waals surface area contributed by atoms with Crippen molar-refractivity contribution in [2.45, 2.75) is 12.8 Å². The summed E-state index contributed by atoms with van der Waals surface area (Å²) >= 11 is 0.